The topological polar surface area (TPSA) is 86.0 Å². The van der Waals surface area contributed by atoms with Crippen LogP contribution in [0.25, 0.3) is 10.2 Å². The first-order valence-electron chi connectivity index (χ1n) is 8.62. The van der Waals surface area contributed by atoms with Crippen molar-refractivity contribution in [3.8, 4) is 0 Å². The maximum Gasteiger partial charge on any atom is 0.249 e. The molecule has 0 unspecified atom stereocenters. The van der Waals surface area contributed by atoms with E-state index in [0.29, 0.717) is 17.6 Å². The molecule has 132 valence electrons. The van der Waals surface area contributed by atoms with Crippen molar-refractivity contribution in [1.82, 2.24) is 20.1 Å². The van der Waals surface area contributed by atoms with Crippen LogP contribution < -0.4 is 5.32 Å². The summed E-state index contributed by atoms with van der Waals surface area (Å²) < 4.78 is 11.0. The highest BCUT2D eigenvalue weighted by molar-refractivity contribution is 7.18. The van der Waals surface area contributed by atoms with Gasteiger partial charge in [-0.2, -0.15) is 4.98 Å². The summed E-state index contributed by atoms with van der Waals surface area (Å²) in [6, 6.07) is 2.09. The van der Waals surface area contributed by atoms with Crippen LogP contribution in [0.4, 0.5) is 5.82 Å². The van der Waals surface area contributed by atoms with Crippen molar-refractivity contribution in [2.45, 2.75) is 39.2 Å². The fraction of sp³-hybridized carbons (Fsp3) is 0.529. The summed E-state index contributed by atoms with van der Waals surface area (Å²) in [6.45, 7) is 5.50. The van der Waals surface area contributed by atoms with E-state index < -0.39 is 0 Å². The molecule has 0 aliphatic carbocycles. The van der Waals surface area contributed by atoms with Crippen LogP contribution >= 0.6 is 11.3 Å². The number of nitrogens with one attached hydrogen (secondary N) is 1. The number of thiophene rings is 1. The van der Waals surface area contributed by atoms with Crippen molar-refractivity contribution < 1.29 is 9.26 Å². The number of hydrogen-bond donors (Lipinski definition) is 1. The van der Waals surface area contributed by atoms with Gasteiger partial charge in [-0.05, 0) is 38.2 Å². The number of hydrogen-bond acceptors (Lipinski definition) is 8. The molecule has 3 aromatic heterocycles. The Balaban J connectivity index is 1.69. The van der Waals surface area contributed by atoms with Crippen LogP contribution in [0.2, 0.25) is 0 Å². The second-order valence-corrected chi connectivity index (χ2v) is 7.37. The summed E-state index contributed by atoms with van der Waals surface area (Å²) in [6.07, 6.45) is 4.52. The number of rotatable bonds is 5. The van der Waals surface area contributed by atoms with Crippen molar-refractivity contribution in [3.05, 3.63) is 29.0 Å². The molecule has 0 bridgehead atoms. The second-order valence-electron chi connectivity index (χ2n) is 6.26. The predicted octanol–water partition coefficient (Wildman–Crippen LogP) is 3.52. The molecule has 0 aromatic carbocycles. The number of fused-ring (bicyclic) bond motifs is 1. The highest BCUT2D eigenvalue weighted by atomic mass is 32.1. The van der Waals surface area contributed by atoms with Gasteiger partial charge in [0, 0.05) is 18.1 Å². The molecule has 1 fully saturated rings. The number of aryl methyl sites for hydroxylation is 2. The van der Waals surface area contributed by atoms with Gasteiger partial charge in [0.2, 0.25) is 5.89 Å². The Bertz CT molecular complexity index is 856. The molecule has 7 nitrogen and oxygen atoms in total. The summed E-state index contributed by atoms with van der Waals surface area (Å²) >= 11 is 1.71. The van der Waals surface area contributed by atoms with E-state index in [1.54, 1.807) is 17.7 Å². The third kappa shape index (κ3) is 3.36. The molecule has 25 heavy (non-hydrogen) atoms. The van der Waals surface area contributed by atoms with Crippen LogP contribution in [-0.4, -0.2) is 33.3 Å². The van der Waals surface area contributed by atoms with E-state index in [0.717, 1.165) is 48.5 Å². The lowest BCUT2D eigenvalue weighted by molar-refractivity contribution is 0.0571. The Morgan fingerprint density at radius 2 is 2.16 bits per heavy atom. The first-order chi connectivity index (χ1) is 12.2. The fourth-order valence-corrected chi connectivity index (χ4v) is 4.15. The van der Waals surface area contributed by atoms with E-state index in [1.807, 2.05) is 6.92 Å². The fourth-order valence-electron chi connectivity index (χ4n) is 3.21. The molecule has 4 rings (SSSR count). The van der Waals surface area contributed by atoms with Gasteiger partial charge in [-0.1, -0.05) is 12.1 Å². The molecular weight excluding hydrogens is 338 g/mol. The summed E-state index contributed by atoms with van der Waals surface area (Å²) in [5, 5.41) is 8.58. The van der Waals surface area contributed by atoms with E-state index >= 15 is 0 Å². The maximum atomic E-state index is 5.51. The normalized spacial score (nSPS) is 17.0. The Hall–Kier alpha value is -2.06. The van der Waals surface area contributed by atoms with Crippen LogP contribution in [0.1, 0.15) is 42.4 Å². The molecule has 1 saturated heterocycles. The highest BCUT2D eigenvalue weighted by Crippen LogP contribution is 2.35. The summed E-state index contributed by atoms with van der Waals surface area (Å²) in [5.41, 5.74) is 0. The van der Waals surface area contributed by atoms with Crippen LogP contribution in [0.3, 0.4) is 0 Å². The molecule has 8 heteroatoms. The van der Waals surface area contributed by atoms with Crippen molar-refractivity contribution in [1.29, 1.82) is 0 Å². The molecular formula is C17H21N5O2S. The molecule has 1 N–H and O–H groups in total. The van der Waals surface area contributed by atoms with E-state index in [2.05, 4.69) is 38.4 Å². The van der Waals surface area contributed by atoms with Crippen molar-refractivity contribution in [2.75, 3.05) is 18.5 Å². The summed E-state index contributed by atoms with van der Waals surface area (Å²) in [4.78, 5) is 15.7. The Morgan fingerprint density at radius 3 is 2.88 bits per heavy atom. The lowest BCUT2D eigenvalue weighted by Crippen LogP contribution is -2.27. The lowest BCUT2D eigenvalue weighted by atomic mass is 9.91. The van der Waals surface area contributed by atoms with Crippen molar-refractivity contribution in [3.63, 3.8) is 0 Å². The van der Waals surface area contributed by atoms with Gasteiger partial charge in [-0.3, -0.25) is 0 Å². The number of nitrogens with zero attached hydrogens (tertiary/aromatic N) is 4. The van der Waals surface area contributed by atoms with Gasteiger partial charge in [0.25, 0.3) is 0 Å². The summed E-state index contributed by atoms with van der Waals surface area (Å²) in [7, 11) is 0. The predicted molar refractivity (Wildman–Crippen MR) is 95.7 cm³/mol. The highest BCUT2D eigenvalue weighted by Gasteiger charge is 2.30. The minimum Gasteiger partial charge on any atom is -0.381 e. The molecule has 1 aliphatic heterocycles. The van der Waals surface area contributed by atoms with E-state index in [1.165, 1.54) is 4.88 Å². The monoisotopic (exact) mass is 359 g/mol. The van der Waals surface area contributed by atoms with Crippen LogP contribution in [0.15, 0.2) is 16.9 Å². The minimum absolute atomic E-state index is 0.0758. The molecule has 1 aliphatic rings. The molecule has 4 heterocycles. The average Bonchev–Trinajstić information content (AvgIpc) is 3.26. The van der Waals surface area contributed by atoms with Gasteiger partial charge in [0.15, 0.2) is 5.82 Å². The number of aromatic nitrogens is 4. The molecule has 3 aromatic rings. The molecule has 0 spiro atoms. The molecule has 1 atom stereocenters. The zero-order chi connectivity index (χ0) is 17.2. The molecule has 0 saturated carbocycles. The maximum absolute atomic E-state index is 5.51. The number of ether oxygens (including phenoxy) is 1. The standard InChI is InChI=1S/C17H21N5O2S/c1-3-12-8-13-15(18-9-19-17(13)25-12)21-14(11-4-6-23-7-5-11)16-20-10(2)22-24-16/h8-9,11,14H,3-7H2,1-2H3,(H,18,19,21)/t14-/m1/s1. The van der Waals surface area contributed by atoms with Crippen LogP contribution in [0, 0.1) is 12.8 Å². The third-order valence-corrected chi connectivity index (χ3v) is 5.76. The zero-order valence-corrected chi connectivity index (χ0v) is 15.2. The molecule has 0 amide bonds. The number of anilines is 1. The van der Waals surface area contributed by atoms with Gasteiger partial charge < -0.3 is 14.6 Å². The van der Waals surface area contributed by atoms with Crippen molar-refractivity contribution >= 4 is 27.4 Å². The Kier molecular flexibility index (Phi) is 4.63. The van der Waals surface area contributed by atoms with Gasteiger partial charge >= 0.3 is 0 Å². The largest absolute Gasteiger partial charge is 0.381 e. The van der Waals surface area contributed by atoms with Gasteiger partial charge in [-0.15, -0.1) is 11.3 Å². The second kappa shape index (κ2) is 7.05. The first-order valence-corrected chi connectivity index (χ1v) is 9.44. The Labute approximate surface area is 149 Å². The average molecular weight is 359 g/mol. The lowest BCUT2D eigenvalue weighted by Gasteiger charge is -2.29. The van der Waals surface area contributed by atoms with E-state index in [9.17, 15) is 0 Å². The summed E-state index contributed by atoms with van der Waals surface area (Å²) in [5.74, 6) is 2.45. The first kappa shape index (κ1) is 16.4. The quantitative estimate of drug-likeness (QED) is 0.746. The smallest absolute Gasteiger partial charge is 0.249 e. The van der Waals surface area contributed by atoms with Crippen LogP contribution in [-0.2, 0) is 11.2 Å². The minimum atomic E-state index is -0.0758. The van der Waals surface area contributed by atoms with Gasteiger partial charge in [-0.25, -0.2) is 9.97 Å². The Morgan fingerprint density at radius 1 is 1.32 bits per heavy atom. The van der Waals surface area contributed by atoms with Gasteiger partial charge in [0.1, 0.15) is 23.0 Å². The van der Waals surface area contributed by atoms with Crippen LogP contribution in [0.5, 0.6) is 0 Å². The molecule has 0 radical (unpaired) electrons. The third-order valence-electron chi connectivity index (χ3n) is 4.57. The van der Waals surface area contributed by atoms with E-state index in [-0.39, 0.29) is 6.04 Å². The van der Waals surface area contributed by atoms with E-state index in [4.69, 9.17) is 9.26 Å². The SMILES string of the molecule is CCc1cc2c(N[C@@H](c3nc(C)no3)C3CCOCC3)ncnc2s1. The zero-order valence-electron chi connectivity index (χ0n) is 14.4. The van der Waals surface area contributed by atoms with Crippen molar-refractivity contribution in [2.24, 2.45) is 5.92 Å². The van der Waals surface area contributed by atoms with Gasteiger partial charge in [0.05, 0.1) is 5.39 Å².